The molecule has 0 saturated carbocycles. The number of cyclic esters (lactones) is 2. The van der Waals surface area contributed by atoms with Gasteiger partial charge < -0.3 is 34.5 Å². The minimum Gasteiger partial charge on any atom is -0.495 e. The molecule has 2 aromatic carbocycles. The monoisotopic (exact) mass is 780 g/mol. The van der Waals surface area contributed by atoms with Gasteiger partial charge in [-0.25, -0.2) is 4.79 Å². The lowest BCUT2D eigenvalue weighted by Gasteiger charge is -2.32. The van der Waals surface area contributed by atoms with E-state index in [9.17, 15) is 19.2 Å². The number of carbonyl (C=O) groups excluding carboxylic acids is 4. The predicted molar refractivity (Wildman–Crippen MR) is 209 cm³/mol. The highest BCUT2D eigenvalue weighted by Gasteiger charge is 2.48. The van der Waals surface area contributed by atoms with Gasteiger partial charge in [0.25, 0.3) is 0 Å². The van der Waals surface area contributed by atoms with Crippen LogP contribution in [-0.2, 0) is 46.4 Å². The Morgan fingerprint density at radius 3 is 2.31 bits per heavy atom. The number of hydrogen-bond acceptors (Lipinski definition) is 10. The molecule has 2 N–H and O–H groups in total. The van der Waals surface area contributed by atoms with Crippen LogP contribution in [0.2, 0.25) is 5.02 Å². The van der Waals surface area contributed by atoms with Crippen molar-refractivity contribution in [2.45, 2.75) is 90.9 Å². The van der Waals surface area contributed by atoms with E-state index in [-0.39, 0.29) is 49.9 Å². The fraction of sp³-hybridized carbons (Fsp3) is 0.571. The molecular weight excluding hydrogens is 724 g/mol. The summed E-state index contributed by atoms with van der Waals surface area (Å²) in [6, 6.07) is 12.7. The molecule has 12 nitrogen and oxygen atoms in total. The highest BCUT2D eigenvalue weighted by atomic mass is 35.5. The first-order chi connectivity index (χ1) is 26.1. The minimum atomic E-state index is -1.21. The van der Waals surface area contributed by atoms with E-state index in [1.54, 1.807) is 38.1 Å². The number of rotatable bonds is 10. The molecule has 2 aromatic rings. The molecule has 3 heterocycles. The maximum absolute atomic E-state index is 13.8. The number of esters is 2. The van der Waals surface area contributed by atoms with Gasteiger partial charge in [0.05, 0.1) is 23.7 Å². The number of nitrogens with one attached hydrogen (secondary N) is 2. The summed E-state index contributed by atoms with van der Waals surface area (Å²) in [5.41, 5.74) is 1.78. The van der Waals surface area contributed by atoms with E-state index in [0.29, 0.717) is 16.3 Å². The third kappa shape index (κ3) is 11.8. The van der Waals surface area contributed by atoms with Gasteiger partial charge >= 0.3 is 11.9 Å². The molecule has 2 amide bonds. The molecule has 0 aliphatic carbocycles. The maximum Gasteiger partial charge on any atom is 0.347 e. The number of benzene rings is 2. The average Bonchev–Trinajstić information content (AvgIpc) is 3.94. The van der Waals surface area contributed by atoms with Crippen LogP contribution in [0.1, 0.15) is 70.3 Å². The number of epoxide rings is 1. The van der Waals surface area contributed by atoms with Gasteiger partial charge in [0.15, 0.2) is 6.10 Å². The van der Waals surface area contributed by atoms with Crippen LogP contribution >= 0.6 is 11.6 Å². The molecule has 3 aliphatic heterocycles. The number of halogens is 1. The Labute approximate surface area is 330 Å². The Bertz CT molecular complexity index is 1690. The summed E-state index contributed by atoms with van der Waals surface area (Å²) in [4.78, 5) is 59.0. The first kappa shape index (κ1) is 42.2. The van der Waals surface area contributed by atoms with Crippen molar-refractivity contribution in [2.75, 3.05) is 46.9 Å². The summed E-state index contributed by atoms with van der Waals surface area (Å²) in [6.45, 7) is 14.1. The lowest BCUT2D eigenvalue weighted by atomic mass is 9.92. The highest BCUT2D eigenvalue weighted by Crippen LogP contribution is 2.45. The molecule has 0 bridgehead atoms. The van der Waals surface area contributed by atoms with Crippen LogP contribution in [0.25, 0.3) is 0 Å². The molecule has 300 valence electrons. The first-order valence-corrected chi connectivity index (χ1v) is 19.6. The van der Waals surface area contributed by atoms with E-state index < -0.39 is 47.4 Å². The second-order valence-corrected chi connectivity index (χ2v) is 16.6. The number of piperazine rings is 1. The summed E-state index contributed by atoms with van der Waals surface area (Å²) >= 11 is 6.36. The molecule has 3 aliphatic rings. The van der Waals surface area contributed by atoms with Gasteiger partial charge in [-0.05, 0) is 68.1 Å². The van der Waals surface area contributed by atoms with E-state index in [1.807, 2.05) is 20.8 Å². The number of hydrogen-bond donors (Lipinski definition) is 2. The van der Waals surface area contributed by atoms with Gasteiger partial charge in [-0.15, -0.1) is 0 Å². The van der Waals surface area contributed by atoms with Gasteiger partial charge in [-0.3, -0.25) is 19.3 Å². The molecule has 6 atom stereocenters. The van der Waals surface area contributed by atoms with Crippen molar-refractivity contribution in [1.82, 2.24) is 20.4 Å². The van der Waals surface area contributed by atoms with Gasteiger partial charge in [0, 0.05) is 58.0 Å². The standard InChI is InChI=1S/C42H57ClN4O8/c1-26(2)21-35-40(50)53-33(27(3)37-38(55-37)30-14-11-28(12-15-30)24-47-19-17-46(6)18-20-47)9-8-10-36(48)45-32(23-29-13-16-34(52-7)31(43)22-29)39(49)44-25-42(4,5)41(51)54-35/h8,10-16,22,26-27,32-33,35,37-38H,9,17-21,23-25H2,1-7H3,(H,44,49)(H,45,48)/b10-8+/t27-,32+,33-,35-,37+,38+/m0/s1. The van der Waals surface area contributed by atoms with Crippen LogP contribution in [0.15, 0.2) is 54.6 Å². The Morgan fingerprint density at radius 1 is 0.964 bits per heavy atom. The van der Waals surface area contributed by atoms with Crippen molar-refractivity contribution in [1.29, 1.82) is 0 Å². The van der Waals surface area contributed by atoms with E-state index in [0.717, 1.165) is 38.3 Å². The van der Waals surface area contributed by atoms with E-state index in [1.165, 1.54) is 18.7 Å². The lowest BCUT2D eigenvalue weighted by Crippen LogP contribution is -2.51. The van der Waals surface area contributed by atoms with Crippen LogP contribution in [0.3, 0.4) is 0 Å². The summed E-state index contributed by atoms with van der Waals surface area (Å²) in [5, 5.41) is 5.96. The summed E-state index contributed by atoms with van der Waals surface area (Å²) in [6.07, 6.45) is 1.29. The van der Waals surface area contributed by atoms with Crippen molar-refractivity contribution >= 4 is 35.4 Å². The predicted octanol–water partition coefficient (Wildman–Crippen LogP) is 4.87. The van der Waals surface area contributed by atoms with Gasteiger partial charge in [0.1, 0.15) is 24.0 Å². The molecule has 5 rings (SSSR count). The average molecular weight is 781 g/mol. The van der Waals surface area contributed by atoms with Crippen LogP contribution in [0.4, 0.5) is 0 Å². The van der Waals surface area contributed by atoms with Crippen molar-refractivity contribution in [3.63, 3.8) is 0 Å². The lowest BCUT2D eigenvalue weighted by molar-refractivity contribution is -0.179. The van der Waals surface area contributed by atoms with E-state index in [2.05, 4.69) is 51.7 Å². The first-order valence-electron chi connectivity index (χ1n) is 19.3. The number of nitrogens with zero attached hydrogens (tertiary/aromatic N) is 2. The normalized spacial score (nSPS) is 27.0. The zero-order valence-corrected chi connectivity index (χ0v) is 33.9. The molecular formula is C42H57ClN4O8. The van der Waals surface area contributed by atoms with Crippen molar-refractivity contribution in [3.8, 4) is 5.75 Å². The van der Waals surface area contributed by atoms with Gasteiger partial charge in [0.2, 0.25) is 11.8 Å². The Morgan fingerprint density at radius 2 is 1.65 bits per heavy atom. The fourth-order valence-electron chi connectivity index (χ4n) is 6.90. The van der Waals surface area contributed by atoms with Crippen molar-refractivity contribution < 1.29 is 38.1 Å². The Hall–Kier alpha value is -3.97. The SMILES string of the molecule is COc1ccc(C[C@H]2NC(=O)/C=C/C[C@@H]([C@H](C)[C@H]3O[C@@H]3c3ccc(CN4CCN(C)CC4)cc3)OC(=O)[C@H](CC(C)C)OC(=O)C(C)(C)CNC2=O)cc1Cl. The highest BCUT2D eigenvalue weighted by molar-refractivity contribution is 6.32. The quantitative estimate of drug-likeness (QED) is 0.254. The zero-order chi connectivity index (χ0) is 39.9. The van der Waals surface area contributed by atoms with Crippen molar-refractivity contribution in [3.05, 3.63) is 76.3 Å². The van der Waals surface area contributed by atoms with Crippen molar-refractivity contribution in [2.24, 2.45) is 17.3 Å². The van der Waals surface area contributed by atoms with E-state index >= 15 is 0 Å². The third-order valence-corrected chi connectivity index (χ3v) is 10.9. The molecule has 0 aromatic heterocycles. The molecule has 0 radical (unpaired) electrons. The second kappa shape index (κ2) is 18.8. The molecule has 55 heavy (non-hydrogen) atoms. The molecule has 2 saturated heterocycles. The molecule has 0 spiro atoms. The Kier molecular flexibility index (Phi) is 14.4. The van der Waals surface area contributed by atoms with E-state index in [4.69, 9.17) is 30.5 Å². The largest absolute Gasteiger partial charge is 0.495 e. The topological polar surface area (TPSA) is 139 Å². The number of carbonyl (C=O) groups is 4. The third-order valence-electron chi connectivity index (χ3n) is 10.6. The zero-order valence-electron chi connectivity index (χ0n) is 33.1. The minimum absolute atomic E-state index is 0.0146. The van der Waals surface area contributed by atoms with Crippen LogP contribution in [-0.4, -0.2) is 105 Å². The molecule has 13 heteroatoms. The molecule has 2 fully saturated rings. The number of likely N-dealkylation sites (N-methyl/N-ethyl adjacent to an activating group) is 1. The number of ether oxygens (including phenoxy) is 4. The summed E-state index contributed by atoms with van der Waals surface area (Å²) in [5.74, 6) is -2.08. The fourth-order valence-corrected chi connectivity index (χ4v) is 7.18. The maximum atomic E-state index is 13.8. The van der Waals surface area contributed by atoms with Crippen LogP contribution in [0.5, 0.6) is 5.75 Å². The van der Waals surface area contributed by atoms with Gasteiger partial charge in [-0.2, -0.15) is 0 Å². The molecule has 0 unspecified atom stereocenters. The Balaban J connectivity index is 1.34. The number of amides is 2. The number of methoxy groups -OCH3 is 1. The smallest absolute Gasteiger partial charge is 0.347 e. The summed E-state index contributed by atoms with van der Waals surface area (Å²) < 4.78 is 23.4. The second-order valence-electron chi connectivity index (χ2n) is 16.2. The van der Waals surface area contributed by atoms with Crippen LogP contribution < -0.4 is 15.4 Å². The van der Waals surface area contributed by atoms with Gasteiger partial charge in [-0.1, -0.05) is 68.8 Å². The summed E-state index contributed by atoms with van der Waals surface area (Å²) in [7, 11) is 3.66. The van der Waals surface area contributed by atoms with Crippen LogP contribution in [0, 0.1) is 17.3 Å².